The van der Waals surface area contributed by atoms with Gasteiger partial charge in [-0.1, -0.05) is 6.07 Å². The first-order chi connectivity index (χ1) is 13.0. The SMILES string of the molecule is Cc1nccn1CC1(O)CCN(C(=O)CCCOc2cccc(F)c2)CC1. The van der Waals surface area contributed by atoms with Crippen LogP contribution in [0.5, 0.6) is 5.75 Å². The third-order valence-electron chi connectivity index (χ3n) is 5.03. The van der Waals surface area contributed by atoms with Crippen molar-refractivity contribution in [3.63, 3.8) is 0 Å². The molecule has 1 N–H and O–H groups in total. The van der Waals surface area contributed by atoms with Gasteiger partial charge in [0.05, 0.1) is 18.8 Å². The number of aliphatic hydroxyl groups is 1. The van der Waals surface area contributed by atoms with E-state index in [-0.39, 0.29) is 11.7 Å². The van der Waals surface area contributed by atoms with Crippen molar-refractivity contribution in [1.82, 2.24) is 14.5 Å². The fraction of sp³-hybridized carbons (Fsp3) is 0.500. The van der Waals surface area contributed by atoms with E-state index in [1.807, 2.05) is 17.7 Å². The topological polar surface area (TPSA) is 67.6 Å². The van der Waals surface area contributed by atoms with Crippen molar-refractivity contribution in [2.45, 2.75) is 44.8 Å². The zero-order valence-corrected chi connectivity index (χ0v) is 15.6. The van der Waals surface area contributed by atoms with Crippen molar-refractivity contribution in [1.29, 1.82) is 0 Å². The van der Waals surface area contributed by atoms with Crippen LogP contribution in [0, 0.1) is 12.7 Å². The first-order valence-corrected chi connectivity index (χ1v) is 9.31. The highest BCUT2D eigenvalue weighted by atomic mass is 19.1. The second-order valence-corrected chi connectivity index (χ2v) is 7.12. The molecule has 0 spiro atoms. The summed E-state index contributed by atoms with van der Waals surface area (Å²) in [5.74, 6) is 1.08. The lowest BCUT2D eigenvalue weighted by Gasteiger charge is -2.38. The smallest absolute Gasteiger partial charge is 0.222 e. The maximum absolute atomic E-state index is 13.1. The number of aryl methyl sites for hydroxylation is 1. The van der Waals surface area contributed by atoms with Gasteiger partial charge in [-0.3, -0.25) is 4.79 Å². The molecule has 1 fully saturated rings. The molecule has 0 unspecified atom stereocenters. The molecule has 1 aliphatic rings. The number of nitrogens with zero attached hydrogens (tertiary/aromatic N) is 3. The van der Waals surface area contributed by atoms with Crippen LogP contribution in [0.1, 0.15) is 31.5 Å². The first-order valence-electron chi connectivity index (χ1n) is 9.31. The Morgan fingerprint density at radius 3 is 2.81 bits per heavy atom. The van der Waals surface area contributed by atoms with E-state index in [4.69, 9.17) is 4.74 Å². The summed E-state index contributed by atoms with van der Waals surface area (Å²) in [5, 5.41) is 10.8. The highest BCUT2D eigenvalue weighted by Gasteiger charge is 2.34. The minimum atomic E-state index is -0.803. The van der Waals surface area contributed by atoms with Crippen LogP contribution >= 0.6 is 0 Å². The lowest BCUT2D eigenvalue weighted by atomic mass is 9.91. The average Bonchev–Trinajstić information content (AvgIpc) is 3.03. The predicted molar refractivity (Wildman–Crippen MR) is 98.9 cm³/mol. The van der Waals surface area contributed by atoms with Gasteiger partial charge in [-0.05, 0) is 38.3 Å². The molecule has 0 radical (unpaired) electrons. The van der Waals surface area contributed by atoms with E-state index in [0.29, 0.717) is 57.7 Å². The summed E-state index contributed by atoms with van der Waals surface area (Å²) in [7, 11) is 0. The van der Waals surface area contributed by atoms with Gasteiger partial charge in [-0.2, -0.15) is 0 Å². The molecule has 0 aliphatic carbocycles. The molecule has 1 aromatic heterocycles. The van der Waals surface area contributed by atoms with Crippen molar-refractivity contribution in [3.05, 3.63) is 48.3 Å². The second-order valence-electron chi connectivity index (χ2n) is 7.12. The summed E-state index contributed by atoms with van der Waals surface area (Å²) < 4.78 is 20.5. The van der Waals surface area contributed by atoms with E-state index in [1.54, 1.807) is 23.2 Å². The monoisotopic (exact) mass is 375 g/mol. The number of piperidine rings is 1. The molecule has 1 amide bonds. The fourth-order valence-electron chi connectivity index (χ4n) is 3.35. The number of halogens is 1. The number of rotatable bonds is 7. The third kappa shape index (κ3) is 5.29. The molecule has 3 rings (SSSR count). The van der Waals surface area contributed by atoms with Gasteiger partial charge in [0, 0.05) is 38.0 Å². The number of amides is 1. The number of hydrogen-bond acceptors (Lipinski definition) is 4. The highest BCUT2D eigenvalue weighted by molar-refractivity contribution is 5.76. The molecule has 1 saturated heterocycles. The van der Waals surface area contributed by atoms with Gasteiger partial charge in [0.25, 0.3) is 0 Å². The number of likely N-dealkylation sites (tertiary alicyclic amines) is 1. The number of imidazole rings is 1. The van der Waals surface area contributed by atoms with Crippen LogP contribution in [0.4, 0.5) is 4.39 Å². The van der Waals surface area contributed by atoms with Gasteiger partial charge in [0.15, 0.2) is 0 Å². The van der Waals surface area contributed by atoms with Gasteiger partial charge < -0.3 is 19.3 Å². The standard InChI is InChI=1S/C20H26FN3O3/c1-16-22-9-12-24(16)15-20(26)7-10-23(11-8-20)19(25)6-3-13-27-18-5-2-4-17(21)14-18/h2,4-5,9,12,14,26H,3,6-8,10-11,13,15H2,1H3. The summed E-state index contributed by atoms with van der Waals surface area (Å²) in [6.45, 7) is 3.88. The molecule has 7 heteroatoms. The number of aromatic nitrogens is 2. The molecule has 0 saturated carbocycles. The molecular weight excluding hydrogens is 349 g/mol. The van der Waals surface area contributed by atoms with Gasteiger partial charge in [0.1, 0.15) is 17.4 Å². The molecule has 1 aliphatic heterocycles. The largest absolute Gasteiger partial charge is 0.493 e. The number of carbonyl (C=O) groups is 1. The summed E-state index contributed by atoms with van der Waals surface area (Å²) in [6, 6.07) is 5.98. The van der Waals surface area contributed by atoms with E-state index in [2.05, 4.69) is 4.98 Å². The zero-order valence-electron chi connectivity index (χ0n) is 15.6. The quantitative estimate of drug-likeness (QED) is 0.755. The van der Waals surface area contributed by atoms with Crippen molar-refractivity contribution in [2.24, 2.45) is 0 Å². The molecule has 2 heterocycles. The average molecular weight is 375 g/mol. The normalized spacial score (nSPS) is 16.3. The van der Waals surface area contributed by atoms with Crippen LogP contribution < -0.4 is 4.74 Å². The molecule has 6 nitrogen and oxygen atoms in total. The Hall–Kier alpha value is -2.41. The van der Waals surface area contributed by atoms with E-state index in [0.717, 1.165) is 5.82 Å². The van der Waals surface area contributed by atoms with Gasteiger partial charge in [-0.15, -0.1) is 0 Å². The third-order valence-corrected chi connectivity index (χ3v) is 5.03. The van der Waals surface area contributed by atoms with Crippen LogP contribution in [0.25, 0.3) is 0 Å². The summed E-state index contributed by atoms with van der Waals surface area (Å²) in [5.41, 5.74) is -0.803. The summed E-state index contributed by atoms with van der Waals surface area (Å²) >= 11 is 0. The Kier molecular flexibility index (Phi) is 6.11. The minimum absolute atomic E-state index is 0.0682. The molecule has 146 valence electrons. The Morgan fingerprint density at radius 1 is 1.37 bits per heavy atom. The van der Waals surface area contributed by atoms with Crippen molar-refractivity contribution < 1.29 is 19.0 Å². The maximum Gasteiger partial charge on any atom is 0.222 e. The number of benzene rings is 1. The fourth-order valence-corrected chi connectivity index (χ4v) is 3.35. The van der Waals surface area contributed by atoms with Crippen molar-refractivity contribution in [3.8, 4) is 5.75 Å². The summed E-state index contributed by atoms with van der Waals surface area (Å²) in [4.78, 5) is 18.3. The Bertz CT molecular complexity index is 769. The Morgan fingerprint density at radius 2 is 2.15 bits per heavy atom. The molecular formula is C20H26FN3O3. The number of carbonyl (C=O) groups excluding carboxylic acids is 1. The van der Waals surface area contributed by atoms with Crippen LogP contribution in [0.2, 0.25) is 0 Å². The molecule has 0 bridgehead atoms. The van der Waals surface area contributed by atoms with Gasteiger partial charge >= 0.3 is 0 Å². The maximum atomic E-state index is 13.1. The first kappa shape index (κ1) is 19.4. The van der Waals surface area contributed by atoms with E-state index < -0.39 is 5.60 Å². The number of ether oxygens (including phenoxy) is 1. The Labute approximate surface area is 158 Å². The zero-order chi connectivity index (χ0) is 19.3. The molecule has 1 aromatic carbocycles. The second kappa shape index (κ2) is 8.52. The molecule has 0 atom stereocenters. The molecule has 27 heavy (non-hydrogen) atoms. The number of hydrogen-bond donors (Lipinski definition) is 1. The van der Waals surface area contributed by atoms with Crippen LogP contribution in [0.3, 0.4) is 0 Å². The van der Waals surface area contributed by atoms with Gasteiger partial charge in [0.2, 0.25) is 5.91 Å². The predicted octanol–water partition coefficient (Wildman–Crippen LogP) is 2.54. The van der Waals surface area contributed by atoms with E-state index in [9.17, 15) is 14.3 Å². The molecule has 2 aromatic rings. The minimum Gasteiger partial charge on any atom is -0.493 e. The van der Waals surface area contributed by atoms with Crippen LogP contribution in [0.15, 0.2) is 36.7 Å². The van der Waals surface area contributed by atoms with Gasteiger partial charge in [-0.25, -0.2) is 9.37 Å². The lowest BCUT2D eigenvalue weighted by Crippen LogP contribution is -2.48. The van der Waals surface area contributed by atoms with E-state index >= 15 is 0 Å². The lowest BCUT2D eigenvalue weighted by molar-refractivity contribution is -0.136. The van der Waals surface area contributed by atoms with Crippen LogP contribution in [-0.4, -0.2) is 50.8 Å². The van der Waals surface area contributed by atoms with Crippen LogP contribution in [-0.2, 0) is 11.3 Å². The van der Waals surface area contributed by atoms with E-state index in [1.165, 1.54) is 12.1 Å². The Balaban J connectivity index is 1.38. The highest BCUT2D eigenvalue weighted by Crippen LogP contribution is 2.25. The summed E-state index contributed by atoms with van der Waals surface area (Å²) in [6.07, 6.45) is 5.65. The van der Waals surface area contributed by atoms with Crippen molar-refractivity contribution >= 4 is 5.91 Å². The van der Waals surface area contributed by atoms with Crippen molar-refractivity contribution in [2.75, 3.05) is 19.7 Å².